The Kier molecular flexibility index (Phi) is 9.79. The summed E-state index contributed by atoms with van der Waals surface area (Å²) in [6.07, 6.45) is -5.63. The predicted molar refractivity (Wildman–Crippen MR) is 122 cm³/mol. The minimum atomic E-state index is -2.78. The van der Waals surface area contributed by atoms with E-state index in [1.807, 2.05) is 0 Å². The van der Waals surface area contributed by atoms with E-state index in [1.54, 1.807) is 51.1 Å². The maximum Gasteiger partial charge on any atom is 0.408 e. The van der Waals surface area contributed by atoms with Crippen molar-refractivity contribution in [1.82, 2.24) is 5.32 Å². The molecule has 0 radical (unpaired) electrons. The molecule has 7 nitrogen and oxygen atoms in total. The third kappa shape index (κ3) is 9.38. The van der Waals surface area contributed by atoms with Crippen molar-refractivity contribution in [3.8, 4) is 11.5 Å². The molecule has 0 aliphatic heterocycles. The molecular formula is C25H30F3NO6. The SMILES string of the molecule is C[C@H](NC(=O)OC(C)(C)C)C(=O)O[C@@H](C)[C@H](Oc1ccccc1)c1ccc(F)cc1OCC(F)F. The lowest BCUT2D eigenvalue weighted by atomic mass is 10.0. The molecule has 10 heteroatoms. The van der Waals surface area contributed by atoms with Crippen molar-refractivity contribution in [2.24, 2.45) is 0 Å². The Hall–Kier alpha value is -3.43. The Morgan fingerprint density at radius 3 is 2.29 bits per heavy atom. The number of alkyl halides is 2. The fourth-order valence-electron chi connectivity index (χ4n) is 2.97. The Bertz CT molecular complexity index is 981. The first-order valence-corrected chi connectivity index (χ1v) is 11.0. The van der Waals surface area contributed by atoms with Crippen LogP contribution in [-0.4, -0.2) is 42.8 Å². The van der Waals surface area contributed by atoms with Gasteiger partial charge in [0.05, 0.1) is 0 Å². The molecule has 35 heavy (non-hydrogen) atoms. The van der Waals surface area contributed by atoms with E-state index in [9.17, 15) is 22.8 Å². The second-order valence-corrected chi connectivity index (χ2v) is 8.75. The number of ether oxygens (including phenoxy) is 4. The highest BCUT2D eigenvalue weighted by Crippen LogP contribution is 2.34. The third-order valence-corrected chi connectivity index (χ3v) is 4.47. The number of carbonyl (C=O) groups excluding carboxylic acids is 2. The van der Waals surface area contributed by atoms with Crippen LogP contribution in [0.2, 0.25) is 0 Å². The topological polar surface area (TPSA) is 83.1 Å². The molecule has 2 aromatic rings. The van der Waals surface area contributed by atoms with Gasteiger partial charge in [0.1, 0.15) is 41.7 Å². The van der Waals surface area contributed by atoms with E-state index >= 15 is 0 Å². The highest BCUT2D eigenvalue weighted by Gasteiger charge is 2.31. The van der Waals surface area contributed by atoms with Crippen LogP contribution >= 0.6 is 0 Å². The van der Waals surface area contributed by atoms with Gasteiger partial charge in [0.15, 0.2) is 6.10 Å². The molecule has 3 atom stereocenters. The van der Waals surface area contributed by atoms with Gasteiger partial charge in [-0.15, -0.1) is 0 Å². The maximum absolute atomic E-state index is 13.9. The molecule has 0 saturated carbocycles. The Balaban J connectivity index is 2.26. The maximum atomic E-state index is 13.9. The number of nitrogens with one attached hydrogen (secondary N) is 1. The first-order chi connectivity index (χ1) is 16.4. The molecule has 0 saturated heterocycles. The zero-order chi connectivity index (χ0) is 26.2. The molecule has 192 valence electrons. The largest absolute Gasteiger partial charge is 0.487 e. The van der Waals surface area contributed by atoms with Gasteiger partial charge in [-0.3, -0.25) is 0 Å². The normalized spacial score (nSPS) is 14.0. The number of carbonyl (C=O) groups is 2. The van der Waals surface area contributed by atoms with E-state index in [1.165, 1.54) is 19.9 Å². The Morgan fingerprint density at radius 1 is 1.03 bits per heavy atom. The van der Waals surface area contributed by atoms with Crippen molar-refractivity contribution in [1.29, 1.82) is 0 Å². The molecular weight excluding hydrogens is 467 g/mol. The minimum Gasteiger partial charge on any atom is -0.487 e. The van der Waals surface area contributed by atoms with Gasteiger partial charge in [-0.25, -0.2) is 22.8 Å². The van der Waals surface area contributed by atoms with Gasteiger partial charge in [-0.2, -0.15) is 0 Å². The van der Waals surface area contributed by atoms with Gasteiger partial charge in [0, 0.05) is 11.6 Å². The average molecular weight is 498 g/mol. The smallest absolute Gasteiger partial charge is 0.408 e. The number of alkyl carbamates (subject to hydrolysis) is 1. The summed E-state index contributed by atoms with van der Waals surface area (Å²) in [5.41, 5.74) is -0.559. The fourth-order valence-corrected chi connectivity index (χ4v) is 2.97. The first-order valence-electron chi connectivity index (χ1n) is 11.0. The van der Waals surface area contributed by atoms with Gasteiger partial charge in [-0.05, 0) is 58.9 Å². The van der Waals surface area contributed by atoms with E-state index in [0.29, 0.717) is 5.75 Å². The van der Waals surface area contributed by atoms with E-state index in [4.69, 9.17) is 18.9 Å². The molecule has 1 amide bonds. The Morgan fingerprint density at radius 2 is 1.69 bits per heavy atom. The van der Waals surface area contributed by atoms with Crippen LogP contribution in [0.4, 0.5) is 18.0 Å². The van der Waals surface area contributed by atoms with Crippen molar-refractivity contribution < 1.29 is 41.7 Å². The van der Waals surface area contributed by atoms with Crippen LogP contribution in [0.15, 0.2) is 48.5 Å². The number of hydrogen-bond donors (Lipinski definition) is 1. The van der Waals surface area contributed by atoms with Crippen LogP contribution in [-0.2, 0) is 14.3 Å². The first kappa shape index (κ1) is 27.8. The van der Waals surface area contributed by atoms with Crippen LogP contribution in [0, 0.1) is 5.82 Å². The van der Waals surface area contributed by atoms with Gasteiger partial charge >= 0.3 is 12.1 Å². The number of halogens is 3. The van der Waals surface area contributed by atoms with Gasteiger partial charge in [0.25, 0.3) is 6.43 Å². The number of hydrogen-bond acceptors (Lipinski definition) is 6. The second kappa shape index (κ2) is 12.3. The summed E-state index contributed by atoms with van der Waals surface area (Å²) in [5, 5.41) is 2.39. The van der Waals surface area contributed by atoms with Gasteiger partial charge in [-0.1, -0.05) is 18.2 Å². The lowest BCUT2D eigenvalue weighted by Crippen LogP contribution is -2.43. The molecule has 0 unspecified atom stereocenters. The lowest BCUT2D eigenvalue weighted by Gasteiger charge is -2.28. The average Bonchev–Trinajstić information content (AvgIpc) is 2.75. The van der Waals surface area contributed by atoms with Gasteiger partial charge < -0.3 is 24.3 Å². The van der Waals surface area contributed by atoms with Crippen LogP contribution < -0.4 is 14.8 Å². The number of rotatable bonds is 10. The van der Waals surface area contributed by atoms with Crippen molar-refractivity contribution in [2.75, 3.05) is 6.61 Å². The fraction of sp³-hybridized carbons (Fsp3) is 0.440. The van der Waals surface area contributed by atoms with Crippen LogP contribution in [0.3, 0.4) is 0 Å². The van der Waals surface area contributed by atoms with E-state index < -0.39 is 54.8 Å². The molecule has 0 spiro atoms. The monoisotopic (exact) mass is 497 g/mol. The van der Waals surface area contributed by atoms with Crippen molar-refractivity contribution >= 4 is 12.1 Å². The highest BCUT2D eigenvalue weighted by molar-refractivity contribution is 5.81. The Labute approximate surface area is 202 Å². The standard InChI is InChI=1S/C25H30F3NO6/c1-15(29-24(31)35-25(3,4)5)23(30)33-16(2)22(34-18-9-7-6-8-10-18)19-12-11-17(26)13-20(19)32-14-21(27)28/h6-13,15-16,21-22H,14H2,1-5H3,(H,29,31)/t15-,16-,22-/m0/s1. The molecule has 0 bridgehead atoms. The molecule has 0 fully saturated rings. The summed E-state index contributed by atoms with van der Waals surface area (Å²) in [4.78, 5) is 24.6. The summed E-state index contributed by atoms with van der Waals surface area (Å²) >= 11 is 0. The molecule has 0 aliphatic carbocycles. The van der Waals surface area contributed by atoms with E-state index in [0.717, 1.165) is 12.1 Å². The number of para-hydroxylation sites is 1. The zero-order valence-corrected chi connectivity index (χ0v) is 20.2. The summed E-state index contributed by atoms with van der Waals surface area (Å²) in [5.74, 6) is -1.27. The quantitative estimate of drug-likeness (QED) is 0.441. The summed E-state index contributed by atoms with van der Waals surface area (Å²) < 4.78 is 61.2. The van der Waals surface area contributed by atoms with E-state index in [-0.39, 0.29) is 11.3 Å². The van der Waals surface area contributed by atoms with Crippen molar-refractivity contribution in [2.45, 2.75) is 64.9 Å². The molecule has 0 aliphatic rings. The second-order valence-electron chi connectivity index (χ2n) is 8.75. The number of benzene rings is 2. The van der Waals surface area contributed by atoms with E-state index in [2.05, 4.69) is 5.32 Å². The van der Waals surface area contributed by atoms with Crippen LogP contribution in [0.1, 0.15) is 46.3 Å². The van der Waals surface area contributed by atoms with Crippen LogP contribution in [0.25, 0.3) is 0 Å². The highest BCUT2D eigenvalue weighted by atomic mass is 19.3. The lowest BCUT2D eigenvalue weighted by molar-refractivity contribution is -0.155. The van der Waals surface area contributed by atoms with Crippen molar-refractivity contribution in [3.05, 3.63) is 59.9 Å². The molecule has 2 aromatic carbocycles. The van der Waals surface area contributed by atoms with Crippen molar-refractivity contribution in [3.63, 3.8) is 0 Å². The molecule has 1 N–H and O–H groups in total. The number of esters is 1. The van der Waals surface area contributed by atoms with Gasteiger partial charge in [0.2, 0.25) is 0 Å². The summed E-state index contributed by atoms with van der Waals surface area (Å²) in [6, 6.07) is 10.8. The minimum absolute atomic E-state index is 0.172. The summed E-state index contributed by atoms with van der Waals surface area (Å²) in [6.45, 7) is 7.02. The molecule has 0 heterocycles. The predicted octanol–water partition coefficient (Wildman–Crippen LogP) is 5.43. The molecule has 0 aromatic heterocycles. The number of amides is 1. The third-order valence-electron chi connectivity index (χ3n) is 4.47. The van der Waals surface area contributed by atoms with Crippen LogP contribution in [0.5, 0.6) is 11.5 Å². The zero-order valence-electron chi connectivity index (χ0n) is 20.2. The molecule has 2 rings (SSSR count). The summed E-state index contributed by atoms with van der Waals surface area (Å²) in [7, 11) is 0.